The van der Waals surface area contributed by atoms with Gasteiger partial charge in [-0.25, -0.2) is 0 Å². The maximum atomic E-state index is 10.2. The Morgan fingerprint density at radius 2 is 2.38 bits per heavy atom. The zero-order chi connectivity index (χ0) is 9.68. The summed E-state index contributed by atoms with van der Waals surface area (Å²) in [7, 11) is 0. The van der Waals surface area contributed by atoms with Crippen LogP contribution >= 0.6 is 11.3 Å². The number of thiophene rings is 1. The first-order valence-corrected chi connectivity index (χ1v) is 4.98. The van der Waals surface area contributed by atoms with Gasteiger partial charge in [-0.2, -0.15) is 0 Å². The lowest BCUT2D eigenvalue weighted by Gasteiger charge is -1.99. The van der Waals surface area contributed by atoms with Crippen molar-refractivity contribution in [3.05, 3.63) is 21.9 Å². The van der Waals surface area contributed by atoms with Crippen LogP contribution in [-0.4, -0.2) is 17.6 Å². The van der Waals surface area contributed by atoms with Gasteiger partial charge in [-0.15, -0.1) is 11.3 Å². The van der Waals surface area contributed by atoms with Gasteiger partial charge >= 0.3 is 5.97 Å². The quantitative estimate of drug-likeness (QED) is 0.708. The summed E-state index contributed by atoms with van der Waals surface area (Å²) in [6.07, 6.45) is 0.185. The molecule has 0 spiro atoms. The topological polar surface area (TPSA) is 49.3 Å². The Morgan fingerprint density at radius 1 is 1.62 bits per heavy atom. The fourth-order valence-corrected chi connectivity index (χ4v) is 1.85. The van der Waals surface area contributed by atoms with Crippen molar-refractivity contribution in [2.24, 2.45) is 0 Å². The van der Waals surface area contributed by atoms with Crippen molar-refractivity contribution in [2.75, 3.05) is 6.54 Å². The molecule has 0 fully saturated rings. The van der Waals surface area contributed by atoms with Crippen molar-refractivity contribution in [1.29, 1.82) is 0 Å². The molecule has 0 saturated carbocycles. The second kappa shape index (κ2) is 4.99. The summed E-state index contributed by atoms with van der Waals surface area (Å²) >= 11 is 1.74. The molecule has 72 valence electrons. The first-order chi connectivity index (χ1) is 6.18. The smallest absolute Gasteiger partial charge is 0.304 e. The molecule has 0 amide bonds. The Bertz CT molecular complexity index is 283. The number of hydrogen-bond donors (Lipinski definition) is 2. The van der Waals surface area contributed by atoms with Gasteiger partial charge in [0.15, 0.2) is 0 Å². The average molecular weight is 199 g/mol. The molecule has 0 aliphatic heterocycles. The van der Waals surface area contributed by atoms with Crippen LogP contribution in [0.3, 0.4) is 0 Å². The Morgan fingerprint density at radius 3 is 2.92 bits per heavy atom. The molecule has 2 N–H and O–H groups in total. The summed E-state index contributed by atoms with van der Waals surface area (Å²) in [5.41, 5.74) is 0. The van der Waals surface area contributed by atoms with Crippen molar-refractivity contribution < 1.29 is 9.90 Å². The van der Waals surface area contributed by atoms with Crippen LogP contribution in [0.5, 0.6) is 0 Å². The largest absolute Gasteiger partial charge is 0.481 e. The monoisotopic (exact) mass is 199 g/mol. The third kappa shape index (κ3) is 4.05. The van der Waals surface area contributed by atoms with Crippen LogP contribution in [0.4, 0.5) is 0 Å². The molecule has 3 nitrogen and oxygen atoms in total. The van der Waals surface area contributed by atoms with Gasteiger partial charge in [0.1, 0.15) is 0 Å². The lowest BCUT2D eigenvalue weighted by molar-refractivity contribution is -0.136. The lowest BCUT2D eigenvalue weighted by Crippen LogP contribution is -2.16. The summed E-state index contributed by atoms with van der Waals surface area (Å²) in [5.74, 6) is -0.755. The molecule has 0 aliphatic rings. The standard InChI is InChI=1S/C9H13NO2S/c1-7-2-3-8(13-7)6-10-5-4-9(11)12/h2-3,10H,4-6H2,1H3,(H,11,12). The van der Waals surface area contributed by atoms with Gasteiger partial charge in [0, 0.05) is 22.8 Å². The fraction of sp³-hybridized carbons (Fsp3) is 0.444. The van der Waals surface area contributed by atoms with Gasteiger partial charge in [-0.3, -0.25) is 4.79 Å². The first kappa shape index (κ1) is 10.2. The summed E-state index contributed by atoms with van der Waals surface area (Å²) in [5, 5.41) is 11.5. The molecule has 1 aromatic heterocycles. The number of hydrogen-bond acceptors (Lipinski definition) is 3. The van der Waals surface area contributed by atoms with Gasteiger partial charge < -0.3 is 10.4 Å². The zero-order valence-corrected chi connectivity index (χ0v) is 8.36. The minimum absolute atomic E-state index is 0.185. The molecule has 1 rings (SSSR count). The first-order valence-electron chi connectivity index (χ1n) is 4.16. The highest BCUT2D eigenvalue weighted by Gasteiger charge is 1.97. The van der Waals surface area contributed by atoms with Gasteiger partial charge in [-0.1, -0.05) is 0 Å². The van der Waals surface area contributed by atoms with Crippen LogP contribution in [-0.2, 0) is 11.3 Å². The summed E-state index contributed by atoms with van der Waals surface area (Å²) in [4.78, 5) is 12.7. The highest BCUT2D eigenvalue weighted by atomic mass is 32.1. The van der Waals surface area contributed by atoms with Crippen LogP contribution in [0.2, 0.25) is 0 Å². The molecule has 0 bridgehead atoms. The highest BCUT2D eigenvalue weighted by molar-refractivity contribution is 7.11. The van der Waals surface area contributed by atoms with Crippen LogP contribution < -0.4 is 5.32 Å². The van der Waals surface area contributed by atoms with E-state index < -0.39 is 5.97 Å². The van der Waals surface area contributed by atoms with Crippen LogP contribution in [0.15, 0.2) is 12.1 Å². The molecule has 1 heterocycles. The van der Waals surface area contributed by atoms with E-state index in [0.29, 0.717) is 6.54 Å². The number of rotatable bonds is 5. The number of nitrogens with one attached hydrogen (secondary N) is 1. The molecule has 0 radical (unpaired) electrons. The SMILES string of the molecule is Cc1ccc(CNCCC(=O)O)s1. The maximum Gasteiger partial charge on any atom is 0.304 e. The molecule has 13 heavy (non-hydrogen) atoms. The minimum Gasteiger partial charge on any atom is -0.481 e. The van der Waals surface area contributed by atoms with E-state index in [-0.39, 0.29) is 6.42 Å². The Labute approximate surface area is 81.4 Å². The van der Waals surface area contributed by atoms with E-state index in [0.717, 1.165) is 6.54 Å². The second-order valence-electron chi connectivity index (χ2n) is 2.83. The minimum atomic E-state index is -0.755. The molecule has 1 aromatic rings. The van der Waals surface area contributed by atoms with Crippen molar-refractivity contribution >= 4 is 17.3 Å². The van der Waals surface area contributed by atoms with Crippen molar-refractivity contribution in [1.82, 2.24) is 5.32 Å². The maximum absolute atomic E-state index is 10.2. The molecule has 0 unspecified atom stereocenters. The predicted molar refractivity (Wildman–Crippen MR) is 53.0 cm³/mol. The molecular formula is C9H13NO2S. The van der Waals surface area contributed by atoms with E-state index in [1.54, 1.807) is 11.3 Å². The third-order valence-electron chi connectivity index (χ3n) is 1.61. The highest BCUT2D eigenvalue weighted by Crippen LogP contribution is 2.14. The van der Waals surface area contributed by atoms with Crippen LogP contribution in [0.25, 0.3) is 0 Å². The van der Waals surface area contributed by atoms with Crippen molar-refractivity contribution in [3.8, 4) is 0 Å². The third-order valence-corrected chi connectivity index (χ3v) is 2.61. The number of aryl methyl sites for hydroxylation is 1. The molecule has 0 aliphatic carbocycles. The number of aliphatic carboxylic acids is 1. The summed E-state index contributed by atoms with van der Waals surface area (Å²) in [6.45, 7) is 3.36. The summed E-state index contributed by atoms with van der Waals surface area (Å²) in [6, 6.07) is 4.13. The normalized spacial score (nSPS) is 10.2. The van der Waals surface area contributed by atoms with Crippen molar-refractivity contribution in [2.45, 2.75) is 19.9 Å². The fourth-order valence-electron chi connectivity index (χ4n) is 0.987. The van der Waals surface area contributed by atoms with E-state index in [1.165, 1.54) is 9.75 Å². The van der Waals surface area contributed by atoms with Crippen LogP contribution in [0, 0.1) is 6.92 Å². The molecule has 0 saturated heterocycles. The molecule has 0 atom stereocenters. The average Bonchev–Trinajstić information content (AvgIpc) is 2.45. The van der Waals surface area contributed by atoms with E-state index in [1.807, 2.05) is 0 Å². The van der Waals surface area contributed by atoms with Gasteiger partial charge in [-0.05, 0) is 19.1 Å². The van der Waals surface area contributed by atoms with Gasteiger partial charge in [0.05, 0.1) is 6.42 Å². The zero-order valence-electron chi connectivity index (χ0n) is 7.54. The Hall–Kier alpha value is -0.870. The second-order valence-corrected chi connectivity index (χ2v) is 4.21. The van der Waals surface area contributed by atoms with Crippen molar-refractivity contribution in [3.63, 3.8) is 0 Å². The van der Waals surface area contributed by atoms with Gasteiger partial charge in [0.2, 0.25) is 0 Å². The summed E-state index contributed by atoms with van der Waals surface area (Å²) < 4.78 is 0. The Balaban J connectivity index is 2.16. The molecule has 0 aromatic carbocycles. The number of carboxylic acid groups (broad SMARTS) is 1. The number of carbonyl (C=O) groups is 1. The van der Waals surface area contributed by atoms with E-state index >= 15 is 0 Å². The molecule has 4 heteroatoms. The Kier molecular flexibility index (Phi) is 3.92. The molecular weight excluding hydrogens is 186 g/mol. The predicted octanol–water partition coefficient (Wildman–Crippen LogP) is 1.62. The van der Waals surface area contributed by atoms with E-state index in [4.69, 9.17) is 5.11 Å². The van der Waals surface area contributed by atoms with Gasteiger partial charge in [0.25, 0.3) is 0 Å². The van der Waals surface area contributed by atoms with E-state index in [9.17, 15) is 4.79 Å². The van der Waals surface area contributed by atoms with E-state index in [2.05, 4.69) is 24.4 Å². The lowest BCUT2D eigenvalue weighted by atomic mass is 10.4. The van der Waals surface area contributed by atoms with Crippen LogP contribution in [0.1, 0.15) is 16.2 Å². The number of carboxylic acids is 1.